The van der Waals surface area contributed by atoms with Crippen molar-refractivity contribution in [3.63, 3.8) is 0 Å². The molecule has 4 amide bonds. The fraction of sp³-hybridized carbons (Fsp3) is 0.353. The van der Waals surface area contributed by atoms with E-state index in [-0.39, 0.29) is 29.3 Å². The summed E-state index contributed by atoms with van der Waals surface area (Å²) >= 11 is 0. The van der Waals surface area contributed by atoms with Gasteiger partial charge in [0.15, 0.2) is 0 Å². The zero-order valence-corrected chi connectivity index (χ0v) is 37.9. The number of nitrogens with zero attached hydrogens (tertiary/aromatic N) is 6. The number of piperazine rings is 1. The van der Waals surface area contributed by atoms with E-state index in [0.717, 1.165) is 101 Å². The van der Waals surface area contributed by atoms with Crippen LogP contribution in [0.5, 0.6) is 5.75 Å². The van der Waals surface area contributed by atoms with Crippen LogP contribution in [0.4, 0.5) is 25.0 Å². The fourth-order valence-corrected chi connectivity index (χ4v) is 9.09. The molecule has 0 bridgehead atoms. The van der Waals surface area contributed by atoms with Gasteiger partial charge in [-0.1, -0.05) is 30.3 Å². The minimum absolute atomic E-state index is 0.155. The third kappa shape index (κ3) is 10.5. The van der Waals surface area contributed by atoms with Crippen molar-refractivity contribution in [3.05, 3.63) is 125 Å². The van der Waals surface area contributed by atoms with Crippen LogP contribution in [-0.4, -0.2) is 118 Å². The molecular weight excluding hydrogens is 857 g/mol. The monoisotopic (exact) mass is 911 g/mol. The van der Waals surface area contributed by atoms with Gasteiger partial charge in [-0.2, -0.15) is 0 Å². The molecule has 14 nitrogen and oxygen atoms in total. The van der Waals surface area contributed by atoms with E-state index >= 15 is 4.39 Å². The van der Waals surface area contributed by atoms with E-state index in [1.54, 1.807) is 11.8 Å². The number of aromatic nitrogens is 3. The maximum Gasteiger partial charge on any atom is 0.328 e. The Bertz CT molecular complexity index is 2780. The van der Waals surface area contributed by atoms with Gasteiger partial charge in [-0.3, -0.25) is 29.6 Å². The first-order valence-electron chi connectivity index (χ1n) is 22.9. The molecule has 3 fully saturated rings. The van der Waals surface area contributed by atoms with Crippen LogP contribution < -0.4 is 20.3 Å². The SMILES string of the molecule is Cc1c(NC(=O)c2ccc(C(C)(C)O)cc2F)cc(F)cc1-c1ncnc2[nH]c(-c3ccc(CN4CCN(CCN5CCC(Oc6ccc(N7CCC(=O)NC7=O)cc6)CC5)CC4)cc3)cc12. The summed E-state index contributed by atoms with van der Waals surface area (Å²) < 4.78 is 36.5. The highest BCUT2D eigenvalue weighted by molar-refractivity contribution is 6.06. The van der Waals surface area contributed by atoms with E-state index in [0.29, 0.717) is 46.4 Å². The summed E-state index contributed by atoms with van der Waals surface area (Å²) in [6.07, 6.45) is 3.79. The van der Waals surface area contributed by atoms with Gasteiger partial charge in [0.25, 0.3) is 5.91 Å². The average Bonchev–Trinajstić information content (AvgIpc) is 3.76. The summed E-state index contributed by atoms with van der Waals surface area (Å²) in [5, 5.41) is 16.0. The van der Waals surface area contributed by atoms with Gasteiger partial charge in [0.2, 0.25) is 5.91 Å². The molecule has 348 valence electrons. The number of anilines is 2. The molecular formula is C51H55F2N9O5. The molecule has 0 saturated carbocycles. The Labute approximate surface area is 387 Å². The summed E-state index contributed by atoms with van der Waals surface area (Å²) in [6, 6.07) is 24.0. The molecule has 0 spiro atoms. The maximum absolute atomic E-state index is 15.2. The predicted molar refractivity (Wildman–Crippen MR) is 253 cm³/mol. The molecule has 6 aromatic rings. The summed E-state index contributed by atoms with van der Waals surface area (Å²) in [4.78, 5) is 58.4. The number of benzene rings is 4. The van der Waals surface area contributed by atoms with E-state index in [9.17, 15) is 23.9 Å². The molecule has 0 radical (unpaired) electrons. The Balaban J connectivity index is 0.746. The second kappa shape index (κ2) is 19.3. The van der Waals surface area contributed by atoms with Crippen LogP contribution in [0.3, 0.4) is 0 Å². The van der Waals surface area contributed by atoms with Gasteiger partial charge in [0.1, 0.15) is 35.5 Å². The highest BCUT2D eigenvalue weighted by atomic mass is 19.1. The molecule has 16 heteroatoms. The summed E-state index contributed by atoms with van der Waals surface area (Å²) in [5.74, 6) is -1.59. The molecule has 2 aromatic heterocycles. The number of carbonyl (C=O) groups excluding carboxylic acids is 3. The number of likely N-dealkylation sites (tertiary alicyclic amines) is 1. The lowest BCUT2D eigenvalue weighted by Crippen LogP contribution is -2.49. The second-order valence-electron chi connectivity index (χ2n) is 18.2. The normalized spacial score (nSPS) is 17.0. The van der Waals surface area contributed by atoms with Crippen LogP contribution in [0.15, 0.2) is 91.3 Å². The molecule has 5 heterocycles. The molecule has 3 saturated heterocycles. The van der Waals surface area contributed by atoms with Crippen LogP contribution in [-0.2, 0) is 16.9 Å². The van der Waals surface area contributed by atoms with Gasteiger partial charge >= 0.3 is 6.03 Å². The van der Waals surface area contributed by atoms with Gasteiger partial charge in [-0.25, -0.2) is 23.5 Å². The highest BCUT2D eigenvalue weighted by Gasteiger charge is 2.27. The average molecular weight is 912 g/mol. The number of hydrogen-bond acceptors (Lipinski definition) is 10. The third-order valence-electron chi connectivity index (χ3n) is 13.1. The highest BCUT2D eigenvalue weighted by Crippen LogP contribution is 2.35. The number of ether oxygens (including phenoxy) is 1. The Kier molecular flexibility index (Phi) is 13.1. The summed E-state index contributed by atoms with van der Waals surface area (Å²) in [6.45, 7) is 14.2. The largest absolute Gasteiger partial charge is 0.490 e. The van der Waals surface area contributed by atoms with Crippen molar-refractivity contribution < 1.29 is 33.0 Å². The fourth-order valence-electron chi connectivity index (χ4n) is 9.09. The predicted octanol–water partition coefficient (Wildman–Crippen LogP) is 7.47. The molecule has 0 unspecified atom stereocenters. The van der Waals surface area contributed by atoms with Crippen LogP contribution >= 0.6 is 0 Å². The first kappa shape index (κ1) is 45.6. The Morgan fingerprint density at radius 2 is 1.55 bits per heavy atom. The molecule has 0 atom stereocenters. The number of urea groups is 1. The molecule has 4 aromatic carbocycles. The first-order valence-corrected chi connectivity index (χ1v) is 22.9. The van der Waals surface area contributed by atoms with Gasteiger partial charge in [0, 0.05) is 99.9 Å². The summed E-state index contributed by atoms with van der Waals surface area (Å²) in [5.41, 5.74) is 4.83. The summed E-state index contributed by atoms with van der Waals surface area (Å²) in [7, 11) is 0. The van der Waals surface area contributed by atoms with Gasteiger partial charge in [-0.05, 0) is 110 Å². The van der Waals surface area contributed by atoms with Crippen molar-refractivity contribution in [2.45, 2.75) is 58.3 Å². The lowest BCUT2D eigenvalue weighted by Gasteiger charge is -2.37. The number of piperidine rings is 1. The van der Waals surface area contributed by atoms with E-state index < -0.39 is 23.1 Å². The Hall–Kier alpha value is -6.59. The zero-order valence-electron chi connectivity index (χ0n) is 37.9. The van der Waals surface area contributed by atoms with E-state index in [2.05, 4.69) is 64.6 Å². The van der Waals surface area contributed by atoms with Crippen LogP contribution in [0.2, 0.25) is 0 Å². The number of H-pyrrole nitrogens is 1. The number of aromatic amines is 1. The smallest absolute Gasteiger partial charge is 0.328 e. The molecule has 0 aliphatic carbocycles. The van der Waals surface area contributed by atoms with E-state index in [1.807, 2.05) is 30.3 Å². The molecule has 4 N–H and O–H groups in total. The number of aliphatic hydroxyl groups is 1. The maximum atomic E-state index is 15.2. The Morgan fingerprint density at radius 1 is 0.851 bits per heavy atom. The number of nitrogens with one attached hydrogen (secondary N) is 3. The first-order chi connectivity index (χ1) is 32.2. The number of amides is 4. The zero-order chi connectivity index (χ0) is 46.8. The second-order valence-corrected chi connectivity index (χ2v) is 18.2. The van der Waals surface area contributed by atoms with Gasteiger partial charge < -0.3 is 25.0 Å². The van der Waals surface area contributed by atoms with Crippen molar-refractivity contribution in [1.82, 2.24) is 35.0 Å². The Morgan fingerprint density at radius 3 is 2.24 bits per heavy atom. The number of hydrogen-bond donors (Lipinski definition) is 4. The lowest BCUT2D eigenvalue weighted by atomic mass is 9.96. The van der Waals surface area contributed by atoms with E-state index in [4.69, 9.17) is 4.74 Å². The van der Waals surface area contributed by atoms with Crippen LogP contribution in [0.1, 0.15) is 60.2 Å². The topological polar surface area (TPSA) is 159 Å². The number of fused-ring (bicyclic) bond motifs is 1. The molecule has 67 heavy (non-hydrogen) atoms. The number of halogens is 2. The van der Waals surface area contributed by atoms with Crippen LogP contribution in [0.25, 0.3) is 33.5 Å². The minimum Gasteiger partial charge on any atom is -0.490 e. The standard InChI is InChI=1S/C51H55F2N9O5/c1-32-41(27-36(52)28-44(32)57-49(64)40-13-8-35(26-43(40)53)51(2,3)66)47-42-29-45(56-48(42)55-31-54-47)34-6-4-33(5-7-34)30-61-24-22-60(23-25-61)21-20-59-17-14-39(15-18-59)67-38-11-9-37(10-12-38)62-19-16-46(63)58-50(62)65/h4-13,26-29,31,39,66H,14-25,30H2,1-3H3,(H,57,64)(H,54,55,56)(H,58,63,65). The van der Waals surface area contributed by atoms with Crippen molar-refractivity contribution in [2.75, 3.05) is 69.1 Å². The molecule has 3 aliphatic heterocycles. The number of imide groups is 1. The third-order valence-corrected chi connectivity index (χ3v) is 13.1. The molecule has 3 aliphatic rings. The lowest BCUT2D eigenvalue weighted by molar-refractivity contribution is -0.120. The van der Waals surface area contributed by atoms with Gasteiger partial charge in [0.05, 0.1) is 16.9 Å². The van der Waals surface area contributed by atoms with Crippen LogP contribution in [0, 0.1) is 18.6 Å². The quantitative estimate of drug-likeness (QED) is 0.0917. The molecule has 9 rings (SSSR count). The van der Waals surface area contributed by atoms with Crippen molar-refractivity contribution in [2.24, 2.45) is 0 Å². The number of carbonyl (C=O) groups is 3. The van der Waals surface area contributed by atoms with Crippen molar-refractivity contribution in [1.29, 1.82) is 0 Å². The van der Waals surface area contributed by atoms with Crippen molar-refractivity contribution >= 4 is 40.3 Å². The van der Waals surface area contributed by atoms with Crippen molar-refractivity contribution in [3.8, 4) is 28.3 Å². The van der Waals surface area contributed by atoms with E-state index in [1.165, 1.54) is 50.0 Å². The van der Waals surface area contributed by atoms with Gasteiger partial charge in [-0.15, -0.1) is 0 Å². The number of rotatable bonds is 13. The minimum atomic E-state index is -1.28.